The van der Waals surface area contributed by atoms with Gasteiger partial charge in [-0.2, -0.15) is 0 Å². The minimum Gasteiger partial charge on any atom is -0.448 e. The van der Waals surface area contributed by atoms with Gasteiger partial charge in [-0.15, -0.1) is 0 Å². The van der Waals surface area contributed by atoms with Crippen LogP contribution in [0.4, 0.5) is 0 Å². The van der Waals surface area contributed by atoms with Gasteiger partial charge in [0.25, 0.3) is 0 Å². The van der Waals surface area contributed by atoms with Crippen molar-refractivity contribution in [3.8, 4) is 0 Å². The Morgan fingerprint density at radius 3 is 3.00 bits per heavy atom. The first-order chi connectivity index (χ1) is 8.24. The summed E-state index contributed by atoms with van der Waals surface area (Å²) in [6.07, 6.45) is 6.96. The minimum atomic E-state index is 0.475. The van der Waals surface area contributed by atoms with Crippen LogP contribution in [-0.2, 0) is 6.54 Å². The summed E-state index contributed by atoms with van der Waals surface area (Å²) in [6, 6.07) is 3.72. The lowest BCUT2D eigenvalue weighted by Gasteiger charge is -2.26. The van der Waals surface area contributed by atoms with Crippen LogP contribution in [0.15, 0.2) is 16.5 Å². The monoisotopic (exact) mass is 255 g/mol. The van der Waals surface area contributed by atoms with Gasteiger partial charge in [0, 0.05) is 0 Å². The Bertz CT molecular complexity index is 337. The quantitative estimate of drug-likeness (QED) is 0.797. The molecule has 1 aliphatic rings. The van der Waals surface area contributed by atoms with E-state index in [-0.39, 0.29) is 0 Å². The Kier molecular flexibility index (Phi) is 4.93. The van der Waals surface area contributed by atoms with Gasteiger partial charge in [0.1, 0.15) is 5.76 Å². The molecule has 0 aromatic carbocycles. The van der Waals surface area contributed by atoms with E-state index < -0.39 is 0 Å². The molecule has 0 spiro atoms. The Balaban J connectivity index is 1.59. The highest BCUT2D eigenvalue weighted by Gasteiger charge is 2.18. The molecule has 2 atom stereocenters. The summed E-state index contributed by atoms with van der Waals surface area (Å²) in [6.45, 7) is 4.25. The Labute approximate surface area is 109 Å². The van der Waals surface area contributed by atoms with Gasteiger partial charge in [-0.3, -0.25) is 0 Å². The fraction of sp³-hybridized carbons (Fsp3) is 0.714. The molecule has 1 heterocycles. The minimum absolute atomic E-state index is 0.475. The molecule has 0 saturated heterocycles. The lowest BCUT2D eigenvalue weighted by Crippen LogP contribution is -2.20. The molecule has 96 valence electrons. The molecule has 1 aromatic heterocycles. The molecule has 17 heavy (non-hydrogen) atoms. The standard InChI is InChI=1S/C14H22ClNO/c1-11-3-2-4-12(9-11)7-8-16-10-13-5-6-14(15)17-13/h5-6,11-12,16H,2-4,7-10H2,1H3. The molecule has 0 aliphatic heterocycles. The normalized spacial score (nSPS) is 25.1. The summed E-state index contributed by atoms with van der Waals surface area (Å²) in [5.41, 5.74) is 0. The number of hydrogen-bond acceptors (Lipinski definition) is 2. The van der Waals surface area contributed by atoms with Crippen molar-refractivity contribution in [3.05, 3.63) is 23.1 Å². The smallest absolute Gasteiger partial charge is 0.193 e. The average molecular weight is 256 g/mol. The van der Waals surface area contributed by atoms with Crippen LogP contribution in [0.2, 0.25) is 5.22 Å². The summed E-state index contributed by atoms with van der Waals surface area (Å²) in [5.74, 6) is 2.77. The summed E-state index contributed by atoms with van der Waals surface area (Å²) in [7, 11) is 0. The maximum Gasteiger partial charge on any atom is 0.193 e. The highest BCUT2D eigenvalue weighted by Crippen LogP contribution is 2.30. The number of rotatable bonds is 5. The number of nitrogens with one attached hydrogen (secondary N) is 1. The zero-order valence-electron chi connectivity index (χ0n) is 10.5. The van der Waals surface area contributed by atoms with Crippen molar-refractivity contribution in [1.82, 2.24) is 5.32 Å². The van der Waals surface area contributed by atoms with Crippen molar-refractivity contribution >= 4 is 11.6 Å². The summed E-state index contributed by atoms with van der Waals surface area (Å²) < 4.78 is 5.30. The molecule has 0 amide bonds. The largest absolute Gasteiger partial charge is 0.448 e. The van der Waals surface area contributed by atoms with Crippen molar-refractivity contribution in [2.75, 3.05) is 6.54 Å². The second-order valence-electron chi connectivity index (χ2n) is 5.31. The molecule has 1 aliphatic carbocycles. The topological polar surface area (TPSA) is 25.2 Å². The van der Waals surface area contributed by atoms with Gasteiger partial charge in [0.2, 0.25) is 0 Å². The van der Waals surface area contributed by atoms with E-state index >= 15 is 0 Å². The average Bonchev–Trinajstić information content (AvgIpc) is 2.71. The van der Waals surface area contributed by atoms with Crippen molar-refractivity contribution < 1.29 is 4.42 Å². The Hall–Kier alpha value is -0.470. The van der Waals surface area contributed by atoms with Gasteiger partial charge < -0.3 is 9.73 Å². The molecule has 2 rings (SSSR count). The van der Waals surface area contributed by atoms with E-state index in [0.717, 1.165) is 30.7 Å². The van der Waals surface area contributed by atoms with Crippen molar-refractivity contribution in [2.45, 2.75) is 45.6 Å². The zero-order valence-corrected chi connectivity index (χ0v) is 11.3. The van der Waals surface area contributed by atoms with Crippen molar-refractivity contribution in [1.29, 1.82) is 0 Å². The molecule has 1 N–H and O–H groups in total. The zero-order chi connectivity index (χ0) is 12.1. The van der Waals surface area contributed by atoms with Gasteiger partial charge >= 0.3 is 0 Å². The summed E-state index contributed by atoms with van der Waals surface area (Å²) in [4.78, 5) is 0. The van der Waals surface area contributed by atoms with Gasteiger partial charge in [-0.05, 0) is 55.0 Å². The highest BCUT2D eigenvalue weighted by atomic mass is 35.5. The summed E-state index contributed by atoms with van der Waals surface area (Å²) in [5, 5.41) is 3.90. The maximum atomic E-state index is 5.72. The van der Waals surface area contributed by atoms with Gasteiger partial charge in [-0.25, -0.2) is 0 Å². The van der Waals surface area contributed by atoms with Crippen LogP contribution in [0.5, 0.6) is 0 Å². The van der Waals surface area contributed by atoms with Crippen molar-refractivity contribution in [3.63, 3.8) is 0 Å². The lowest BCUT2D eigenvalue weighted by molar-refractivity contribution is 0.267. The third-order valence-corrected chi connectivity index (χ3v) is 3.91. The Morgan fingerprint density at radius 2 is 2.29 bits per heavy atom. The molecule has 1 saturated carbocycles. The maximum absolute atomic E-state index is 5.72. The first-order valence-corrected chi connectivity index (χ1v) is 7.07. The van der Waals surface area contributed by atoms with Gasteiger partial charge in [0.15, 0.2) is 5.22 Å². The van der Waals surface area contributed by atoms with E-state index in [1.54, 1.807) is 6.07 Å². The molecule has 3 heteroatoms. The number of hydrogen-bond donors (Lipinski definition) is 1. The fourth-order valence-electron chi connectivity index (χ4n) is 2.79. The van der Waals surface area contributed by atoms with Crippen LogP contribution >= 0.6 is 11.6 Å². The van der Waals surface area contributed by atoms with E-state index in [9.17, 15) is 0 Å². The van der Waals surface area contributed by atoms with E-state index in [1.165, 1.54) is 32.1 Å². The first kappa shape index (κ1) is 13.0. The van der Waals surface area contributed by atoms with E-state index in [1.807, 2.05) is 6.07 Å². The molecule has 0 radical (unpaired) electrons. The number of halogens is 1. The lowest BCUT2D eigenvalue weighted by atomic mass is 9.81. The van der Waals surface area contributed by atoms with Crippen LogP contribution < -0.4 is 5.32 Å². The van der Waals surface area contributed by atoms with Gasteiger partial charge in [0.05, 0.1) is 6.54 Å². The predicted molar refractivity (Wildman–Crippen MR) is 71.2 cm³/mol. The van der Waals surface area contributed by atoms with E-state index in [2.05, 4.69) is 12.2 Å². The number of furan rings is 1. The SMILES string of the molecule is CC1CCCC(CCNCc2ccc(Cl)o2)C1. The molecular weight excluding hydrogens is 234 g/mol. The van der Waals surface area contributed by atoms with Crippen LogP contribution in [0, 0.1) is 11.8 Å². The third-order valence-electron chi connectivity index (χ3n) is 3.70. The highest BCUT2D eigenvalue weighted by molar-refractivity contribution is 6.28. The van der Waals surface area contributed by atoms with Gasteiger partial charge in [-0.1, -0.05) is 26.2 Å². The van der Waals surface area contributed by atoms with Crippen LogP contribution in [-0.4, -0.2) is 6.54 Å². The van der Waals surface area contributed by atoms with Crippen molar-refractivity contribution in [2.24, 2.45) is 11.8 Å². The van der Waals surface area contributed by atoms with Crippen LogP contribution in [0.1, 0.15) is 44.8 Å². The third kappa shape index (κ3) is 4.36. The molecule has 1 aromatic rings. The van der Waals surface area contributed by atoms with Crippen LogP contribution in [0.25, 0.3) is 0 Å². The predicted octanol–water partition coefficient (Wildman–Crippen LogP) is 4.24. The van der Waals surface area contributed by atoms with E-state index in [4.69, 9.17) is 16.0 Å². The van der Waals surface area contributed by atoms with Crippen LogP contribution in [0.3, 0.4) is 0 Å². The fourth-order valence-corrected chi connectivity index (χ4v) is 2.95. The molecule has 0 bridgehead atoms. The second-order valence-corrected chi connectivity index (χ2v) is 5.68. The van der Waals surface area contributed by atoms with E-state index in [0.29, 0.717) is 5.22 Å². The molecule has 2 nitrogen and oxygen atoms in total. The first-order valence-electron chi connectivity index (χ1n) is 6.69. The molecule has 1 fully saturated rings. The molecular formula is C14H22ClNO. The molecule has 2 unspecified atom stereocenters. The second kappa shape index (κ2) is 6.46. The summed E-state index contributed by atoms with van der Waals surface area (Å²) >= 11 is 5.72. The Morgan fingerprint density at radius 1 is 1.41 bits per heavy atom.